The number of imidazole rings is 1. The maximum Gasteiger partial charge on any atom is 0.169 e. The van der Waals surface area contributed by atoms with Crippen LogP contribution in [0.3, 0.4) is 0 Å². The van der Waals surface area contributed by atoms with Gasteiger partial charge in [-0.15, -0.1) is 4.91 Å². The zero-order valence-corrected chi connectivity index (χ0v) is 15.3. The third kappa shape index (κ3) is 2.39. The number of rotatable bonds is 3. The third-order valence-corrected chi connectivity index (χ3v) is 5.56. The molecule has 1 aliphatic heterocycles. The molecule has 0 radical (unpaired) electrons. The molecule has 3 aromatic heterocycles. The molecular weight excluding hydrogens is 340 g/mol. The topological polar surface area (TPSA) is 66.1 Å². The van der Waals surface area contributed by atoms with Gasteiger partial charge in [0, 0.05) is 36.4 Å². The van der Waals surface area contributed by atoms with Gasteiger partial charge in [-0.05, 0) is 50.0 Å². The minimum atomic E-state index is 0.344. The molecule has 5 rings (SSSR count). The Hall–Kier alpha value is -3.06. The number of aromatic nitrogens is 3. The average Bonchev–Trinajstić information content (AvgIpc) is 3.32. The molecule has 7 nitrogen and oxygen atoms in total. The van der Waals surface area contributed by atoms with Crippen LogP contribution in [0.4, 0.5) is 11.4 Å². The van der Waals surface area contributed by atoms with Crippen molar-refractivity contribution in [2.24, 2.45) is 5.18 Å². The Morgan fingerprint density at radius 1 is 1.19 bits per heavy atom. The van der Waals surface area contributed by atoms with Crippen molar-refractivity contribution in [2.45, 2.75) is 12.5 Å². The standard InChI is InChI=1S/C20H20N6O/c1-24(2)13-8-10-25(12-13)17-7-9-21-19-14(17)11-16(23-27)20-22-15-5-3-4-6-18(15)26(19)20/h3-7,9,11,13H,8,10,12H2,1-2H3. The molecule has 4 aromatic rings. The van der Waals surface area contributed by atoms with E-state index >= 15 is 0 Å². The Labute approximate surface area is 156 Å². The van der Waals surface area contributed by atoms with E-state index in [0.29, 0.717) is 17.4 Å². The highest BCUT2D eigenvalue weighted by Crippen LogP contribution is 2.35. The summed E-state index contributed by atoms with van der Waals surface area (Å²) in [5.74, 6) is 0. The van der Waals surface area contributed by atoms with Crippen molar-refractivity contribution in [1.82, 2.24) is 19.3 Å². The van der Waals surface area contributed by atoms with E-state index in [-0.39, 0.29) is 0 Å². The van der Waals surface area contributed by atoms with Crippen LogP contribution >= 0.6 is 0 Å². The largest absolute Gasteiger partial charge is 0.369 e. The van der Waals surface area contributed by atoms with Gasteiger partial charge < -0.3 is 9.80 Å². The number of fused-ring (bicyclic) bond motifs is 5. The van der Waals surface area contributed by atoms with Gasteiger partial charge in [0.1, 0.15) is 5.65 Å². The molecule has 0 amide bonds. The van der Waals surface area contributed by atoms with Crippen LogP contribution in [0, 0.1) is 4.91 Å². The van der Waals surface area contributed by atoms with Crippen LogP contribution in [0.15, 0.2) is 47.8 Å². The highest BCUT2D eigenvalue weighted by molar-refractivity contribution is 5.99. The lowest BCUT2D eigenvalue weighted by Crippen LogP contribution is -2.31. The summed E-state index contributed by atoms with van der Waals surface area (Å²) in [5.41, 5.74) is 4.55. The molecule has 1 saturated heterocycles. The van der Waals surface area contributed by atoms with Crippen molar-refractivity contribution in [3.05, 3.63) is 47.5 Å². The molecule has 1 atom stereocenters. The Bertz CT molecular complexity index is 1180. The average molecular weight is 360 g/mol. The molecule has 1 unspecified atom stereocenters. The maximum absolute atomic E-state index is 11.6. The quantitative estimate of drug-likeness (QED) is 0.523. The molecule has 27 heavy (non-hydrogen) atoms. The third-order valence-electron chi connectivity index (χ3n) is 5.56. The summed E-state index contributed by atoms with van der Waals surface area (Å²) < 4.78 is 1.95. The lowest BCUT2D eigenvalue weighted by Gasteiger charge is -2.23. The first-order valence-electron chi connectivity index (χ1n) is 9.11. The van der Waals surface area contributed by atoms with Gasteiger partial charge >= 0.3 is 0 Å². The van der Waals surface area contributed by atoms with Crippen LogP contribution in [0.5, 0.6) is 0 Å². The van der Waals surface area contributed by atoms with Gasteiger partial charge in [-0.3, -0.25) is 4.40 Å². The van der Waals surface area contributed by atoms with Gasteiger partial charge in [-0.2, -0.15) is 0 Å². The Balaban J connectivity index is 1.80. The molecule has 0 saturated carbocycles. The van der Waals surface area contributed by atoms with E-state index in [4.69, 9.17) is 0 Å². The van der Waals surface area contributed by atoms with Crippen LogP contribution in [-0.2, 0) is 0 Å². The first-order valence-corrected chi connectivity index (χ1v) is 9.11. The summed E-state index contributed by atoms with van der Waals surface area (Å²) in [6, 6.07) is 12.2. The number of para-hydroxylation sites is 2. The molecule has 7 heteroatoms. The molecule has 0 N–H and O–H groups in total. The molecule has 0 aliphatic carbocycles. The van der Waals surface area contributed by atoms with E-state index in [9.17, 15) is 4.91 Å². The van der Waals surface area contributed by atoms with Crippen molar-refractivity contribution in [1.29, 1.82) is 0 Å². The van der Waals surface area contributed by atoms with Crippen molar-refractivity contribution < 1.29 is 0 Å². The SMILES string of the molecule is CN(C)C1CCN(c2ccnc3c2cc(N=O)c2nc4ccccc4n23)C1. The molecule has 1 aromatic carbocycles. The number of nitroso groups, excluding NO2 is 1. The fourth-order valence-electron chi connectivity index (χ4n) is 4.11. The Morgan fingerprint density at radius 2 is 2.04 bits per heavy atom. The van der Waals surface area contributed by atoms with Crippen molar-refractivity contribution in [2.75, 3.05) is 32.1 Å². The van der Waals surface area contributed by atoms with Crippen LogP contribution in [-0.4, -0.2) is 52.5 Å². The minimum absolute atomic E-state index is 0.344. The van der Waals surface area contributed by atoms with E-state index in [1.54, 1.807) is 0 Å². The zero-order chi connectivity index (χ0) is 18.5. The minimum Gasteiger partial charge on any atom is -0.369 e. The number of nitrogens with zero attached hydrogens (tertiary/aromatic N) is 6. The van der Waals surface area contributed by atoms with Gasteiger partial charge in [0.05, 0.1) is 11.0 Å². The van der Waals surface area contributed by atoms with Gasteiger partial charge in [0.15, 0.2) is 11.3 Å². The molecular formula is C20H20N6O. The summed E-state index contributed by atoms with van der Waals surface area (Å²) in [7, 11) is 4.24. The van der Waals surface area contributed by atoms with E-state index < -0.39 is 0 Å². The van der Waals surface area contributed by atoms with Crippen LogP contribution in [0.1, 0.15) is 6.42 Å². The molecule has 136 valence electrons. The molecule has 0 spiro atoms. The smallest absolute Gasteiger partial charge is 0.169 e. The molecule has 1 fully saturated rings. The van der Waals surface area contributed by atoms with Crippen LogP contribution in [0.2, 0.25) is 0 Å². The first kappa shape index (κ1) is 16.1. The second-order valence-corrected chi connectivity index (χ2v) is 7.30. The van der Waals surface area contributed by atoms with E-state index in [1.165, 1.54) is 0 Å². The second kappa shape index (κ2) is 5.99. The van der Waals surface area contributed by atoms with E-state index in [0.717, 1.165) is 47.3 Å². The Morgan fingerprint density at radius 3 is 2.81 bits per heavy atom. The molecule has 0 bridgehead atoms. The lowest BCUT2D eigenvalue weighted by atomic mass is 10.2. The normalized spacial score (nSPS) is 17.6. The summed E-state index contributed by atoms with van der Waals surface area (Å²) in [6.45, 7) is 1.94. The van der Waals surface area contributed by atoms with Crippen molar-refractivity contribution in [3.8, 4) is 0 Å². The van der Waals surface area contributed by atoms with E-state index in [1.807, 2.05) is 47.0 Å². The van der Waals surface area contributed by atoms with Crippen molar-refractivity contribution >= 4 is 39.1 Å². The monoisotopic (exact) mass is 360 g/mol. The highest BCUT2D eigenvalue weighted by Gasteiger charge is 2.26. The van der Waals surface area contributed by atoms with Crippen molar-refractivity contribution in [3.63, 3.8) is 0 Å². The van der Waals surface area contributed by atoms with Gasteiger partial charge in [0.2, 0.25) is 0 Å². The Kier molecular flexibility index (Phi) is 3.58. The number of hydrogen-bond acceptors (Lipinski definition) is 6. The van der Waals surface area contributed by atoms with Gasteiger partial charge in [0.25, 0.3) is 0 Å². The lowest BCUT2D eigenvalue weighted by molar-refractivity contribution is 0.315. The molecule has 4 heterocycles. The summed E-state index contributed by atoms with van der Waals surface area (Å²) in [6.07, 6.45) is 2.95. The van der Waals surface area contributed by atoms with Gasteiger partial charge in [-0.1, -0.05) is 12.1 Å². The van der Waals surface area contributed by atoms with Crippen LogP contribution < -0.4 is 4.90 Å². The summed E-state index contributed by atoms with van der Waals surface area (Å²) in [5, 5.41) is 4.20. The molecule has 1 aliphatic rings. The second-order valence-electron chi connectivity index (χ2n) is 7.30. The zero-order valence-electron chi connectivity index (χ0n) is 15.3. The number of likely N-dealkylation sites (N-methyl/N-ethyl adjacent to an activating group) is 1. The predicted molar refractivity (Wildman–Crippen MR) is 108 cm³/mol. The fraction of sp³-hybridized carbons (Fsp3) is 0.300. The number of hydrogen-bond donors (Lipinski definition) is 0. The highest BCUT2D eigenvalue weighted by atomic mass is 16.3. The van der Waals surface area contributed by atoms with E-state index in [2.05, 4.69) is 39.0 Å². The summed E-state index contributed by atoms with van der Waals surface area (Å²) in [4.78, 5) is 25.5. The summed E-state index contributed by atoms with van der Waals surface area (Å²) >= 11 is 0. The number of benzene rings is 1. The maximum atomic E-state index is 11.6. The number of pyridine rings is 2. The predicted octanol–water partition coefficient (Wildman–Crippen LogP) is 3.57. The number of anilines is 1. The van der Waals surface area contributed by atoms with Crippen LogP contribution in [0.25, 0.3) is 27.7 Å². The first-order chi connectivity index (χ1) is 13.2. The van der Waals surface area contributed by atoms with Gasteiger partial charge in [-0.25, -0.2) is 9.97 Å². The fourth-order valence-corrected chi connectivity index (χ4v) is 4.11.